The number of carbonyl (C=O) groups is 3. The lowest BCUT2D eigenvalue weighted by Gasteiger charge is -2.43. The fourth-order valence-electron chi connectivity index (χ4n) is 4.16. The van der Waals surface area contributed by atoms with Crippen molar-refractivity contribution in [1.82, 2.24) is 15.5 Å². The van der Waals surface area contributed by atoms with E-state index < -0.39 is 23.8 Å². The minimum atomic E-state index is -0.932. The van der Waals surface area contributed by atoms with Gasteiger partial charge in [-0.15, -0.1) is 0 Å². The minimum Gasteiger partial charge on any atom is -0.444 e. The Bertz CT molecular complexity index is 1050. The van der Waals surface area contributed by atoms with E-state index in [1.165, 1.54) is 0 Å². The zero-order valence-electron chi connectivity index (χ0n) is 21.5. The van der Waals surface area contributed by atoms with E-state index in [1.807, 2.05) is 61.5 Å². The lowest BCUT2D eigenvalue weighted by atomic mass is 9.88. The van der Waals surface area contributed by atoms with Gasteiger partial charge in [0.15, 0.2) is 0 Å². The average molecular weight is 512 g/mol. The summed E-state index contributed by atoms with van der Waals surface area (Å²) < 4.78 is 5.36. The normalized spacial score (nSPS) is 15.2. The standard InChI is InChI=1S/C28H37N3O4S/c1-19-10-8-13-21(16-19)24(25(32)29-17-20-11-6-5-7-12-20)31(22-14-9-15-22)26(33)23(18-36)30-27(34)35-28(2,3)4/h5-8,10-13,16,22-24,36H,9,14-15,17-18H2,1-4H3,(H,29,32)(H,30,34). The first kappa shape index (κ1) is 27.6. The molecule has 0 radical (unpaired) electrons. The van der Waals surface area contributed by atoms with E-state index in [2.05, 4.69) is 23.3 Å². The lowest BCUT2D eigenvalue weighted by Crippen LogP contribution is -2.58. The number of rotatable bonds is 9. The number of nitrogens with zero attached hydrogens (tertiary/aromatic N) is 1. The van der Waals surface area contributed by atoms with Crippen LogP contribution in [0.3, 0.4) is 0 Å². The third kappa shape index (κ3) is 7.50. The van der Waals surface area contributed by atoms with Crippen molar-refractivity contribution in [2.45, 2.75) is 77.2 Å². The Balaban J connectivity index is 1.91. The Labute approximate surface area is 219 Å². The highest BCUT2D eigenvalue weighted by molar-refractivity contribution is 7.80. The van der Waals surface area contributed by atoms with Gasteiger partial charge in [0.25, 0.3) is 0 Å². The van der Waals surface area contributed by atoms with Crippen LogP contribution in [-0.2, 0) is 20.9 Å². The first-order valence-electron chi connectivity index (χ1n) is 12.4. The van der Waals surface area contributed by atoms with Crippen LogP contribution in [0.25, 0.3) is 0 Å². The lowest BCUT2D eigenvalue weighted by molar-refractivity contribution is -0.147. The summed E-state index contributed by atoms with van der Waals surface area (Å²) in [7, 11) is 0. The van der Waals surface area contributed by atoms with E-state index in [0.29, 0.717) is 6.54 Å². The number of amides is 3. The maximum absolute atomic E-state index is 13.9. The number of ether oxygens (including phenoxy) is 1. The van der Waals surface area contributed by atoms with E-state index >= 15 is 0 Å². The van der Waals surface area contributed by atoms with Crippen molar-refractivity contribution in [3.05, 3.63) is 71.3 Å². The summed E-state index contributed by atoms with van der Waals surface area (Å²) >= 11 is 4.35. The molecule has 1 saturated carbocycles. The molecule has 2 aromatic rings. The summed E-state index contributed by atoms with van der Waals surface area (Å²) in [5, 5.41) is 5.68. The highest BCUT2D eigenvalue weighted by atomic mass is 32.1. The molecule has 194 valence electrons. The van der Waals surface area contributed by atoms with Gasteiger partial charge in [0.1, 0.15) is 17.7 Å². The molecule has 0 bridgehead atoms. The summed E-state index contributed by atoms with van der Waals surface area (Å²) in [6.45, 7) is 7.58. The van der Waals surface area contributed by atoms with E-state index in [9.17, 15) is 14.4 Å². The molecule has 2 unspecified atom stereocenters. The third-order valence-corrected chi connectivity index (χ3v) is 6.45. The molecule has 0 aromatic heterocycles. The topological polar surface area (TPSA) is 87.7 Å². The Morgan fingerprint density at radius 1 is 1.08 bits per heavy atom. The van der Waals surface area contributed by atoms with Crippen molar-refractivity contribution in [3.63, 3.8) is 0 Å². The summed E-state index contributed by atoms with van der Waals surface area (Å²) in [4.78, 5) is 41.7. The molecule has 1 aliphatic carbocycles. The number of thiol groups is 1. The average Bonchev–Trinajstić information content (AvgIpc) is 2.79. The van der Waals surface area contributed by atoms with Crippen molar-refractivity contribution in [1.29, 1.82) is 0 Å². The second kappa shape index (κ2) is 12.3. The summed E-state index contributed by atoms with van der Waals surface area (Å²) in [6.07, 6.45) is 1.88. The molecule has 8 heteroatoms. The second-order valence-electron chi connectivity index (χ2n) is 10.2. The molecule has 1 fully saturated rings. The van der Waals surface area contributed by atoms with Crippen molar-refractivity contribution in [3.8, 4) is 0 Å². The predicted octanol–water partition coefficient (Wildman–Crippen LogP) is 4.56. The van der Waals surface area contributed by atoms with Crippen molar-refractivity contribution in [2.24, 2.45) is 0 Å². The van der Waals surface area contributed by atoms with Gasteiger partial charge in [-0.2, -0.15) is 12.6 Å². The number of nitrogens with one attached hydrogen (secondary N) is 2. The molecule has 36 heavy (non-hydrogen) atoms. The van der Waals surface area contributed by atoms with Crippen molar-refractivity contribution in [2.75, 3.05) is 5.75 Å². The summed E-state index contributed by atoms with van der Waals surface area (Å²) in [5.41, 5.74) is 1.99. The first-order valence-corrected chi connectivity index (χ1v) is 13.0. The van der Waals surface area contributed by atoms with Gasteiger partial charge in [-0.1, -0.05) is 60.2 Å². The first-order chi connectivity index (χ1) is 17.1. The molecule has 2 N–H and O–H groups in total. The van der Waals surface area contributed by atoms with Crippen LogP contribution in [0.5, 0.6) is 0 Å². The van der Waals surface area contributed by atoms with Crippen LogP contribution < -0.4 is 10.6 Å². The number of hydrogen-bond acceptors (Lipinski definition) is 5. The van der Waals surface area contributed by atoms with Crippen LogP contribution in [0.15, 0.2) is 54.6 Å². The highest BCUT2D eigenvalue weighted by Crippen LogP contribution is 2.34. The molecule has 0 aliphatic heterocycles. The largest absolute Gasteiger partial charge is 0.444 e. The fraction of sp³-hybridized carbons (Fsp3) is 0.464. The van der Waals surface area contributed by atoms with Gasteiger partial charge in [-0.05, 0) is 58.1 Å². The van der Waals surface area contributed by atoms with Gasteiger partial charge in [0.05, 0.1) is 0 Å². The molecular weight excluding hydrogens is 474 g/mol. The van der Waals surface area contributed by atoms with Crippen LogP contribution in [0.2, 0.25) is 0 Å². The maximum Gasteiger partial charge on any atom is 0.408 e. The molecule has 2 atom stereocenters. The summed E-state index contributed by atoms with van der Waals surface area (Å²) in [6, 6.07) is 15.4. The molecular formula is C28H37N3O4S. The molecule has 3 amide bonds. The van der Waals surface area contributed by atoms with Gasteiger partial charge >= 0.3 is 6.09 Å². The van der Waals surface area contributed by atoms with E-state index in [-0.39, 0.29) is 23.6 Å². The zero-order chi connectivity index (χ0) is 26.3. The molecule has 0 saturated heterocycles. The fourth-order valence-corrected chi connectivity index (χ4v) is 4.41. The zero-order valence-corrected chi connectivity index (χ0v) is 22.4. The Kier molecular flexibility index (Phi) is 9.43. The van der Waals surface area contributed by atoms with E-state index in [1.54, 1.807) is 25.7 Å². The van der Waals surface area contributed by atoms with Crippen LogP contribution in [-0.4, -0.2) is 46.2 Å². The van der Waals surface area contributed by atoms with Gasteiger partial charge in [0.2, 0.25) is 11.8 Å². The van der Waals surface area contributed by atoms with E-state index in [0.717, 1.165) is 36.0 Å². The minimum absolute atomic E-state index is 0.0769. The van der Waals surface area contributed by atoms with Gasteiger partial charge in [-0.25, -0.2) is 4.79 Å². The second-order valence-corrected chi connectivity index (χ2v) is 10.6. The number of alkyl carbamates (subject to hydrolysis) is 1. The molecule has 2 aromatic carbocycles. The quantitative estimate of drug-likeness (QED) is 0.431. The van der Waals surface area contributed by atoms with Gasteiger partial charge in [0, 0.05) is 18.3 Å². The van der Waals surface area contributed by atoms with Crippen LogP contribution in [0.4, 0.5) is 4.79 Å². The van der Waals surface area contributed by atoms with Gasteiger partial charge in [-0.3, -0.25) is 9.59 Å². The summed E-state index contributed by atoms with van der Waals surface area (Å²) in [5.74, 6) is -0.533. The smallest absolute Gasteiger partial charge is 0.408 e. The highest BCUT2D eigenvalue weighted by Gasteiger charge is 2.41. The van der Waals surface area contributed by atoms with E-state index in [4.69, 9.17) is 4.74 Å². The predicted molar refractivity (Wildman–Crippen MR) is 144 cm³/mol. The Morgan fingerprint density at radius 2 is 1.78 bits per heavy atom. The molecule has 3 rings (SSSR count). The van der Waals surface area contributed by atoms with Crippen LogP contribution in [0, 0.1) is 6.92 Å². The van der Waals surface area contributed by atoms with Crippen LogP contribution in [0.1, 0.15) is 62.8 Å². The van der Waals surface area contributed by atoms with Crippen LogP contribution >= 0.6 is 12.6 Å². The van der Waals surface area contributed by atoms with Crippen molar-refractivity contribution < 1.29 is 19.1 Å². The number of hydrogen-bond donors (Lipinski definition) is 3. The SMILES string of the molecule is Cc1cccc(C(C(=O)NCc2ccccc2)N(C(=O)C(CS)NC(=O)OC(C)(C)C)C2CCC2)c1. The Hall–Kier alpha value is -3.00. The van der Waals surface area contributed by atoms with Crippen molar-refractivity contribution >= 4 is 30.5 Å². The Morgan fingerprint density at radius 3 is 2.33 bits per heavy atom. The number of carbonyl (C=O) groups excluding carboxylic acids is 3. The third-order valence-electron chi connectivity index (χ3n) is 6.09. The number of aryl methyl sites for hydroxylation is 1. The van der Waals surface area contributed by atoms with Gasteiger partial charge < -0.3 is 20.3 Å². The monoisotopic (exact) mass is 511 g/mol. The molecule has 0 spiro atoms. The molecule has 0 heterocycles. The molecule has 1 aliphatic rings. The maximum atomic E-state index is 13.9. The molecule has 7 nitrogen and oxygen atoms in total. The number of benzene rings is 2.